The summed E-state index contributed by atoms with van der Waals surface area (Å²) in [5.74, 6) is -1.06. The van der Waals surface area contributed by atoms with Crippen molar-refractivity contribution in [2.75, 3.05) is 19.5 Å². The van der Waals surface area contributed by atoms with Gasteiger partial charge in [0.05, 0.1) is 31.7 Å². The van der Waals surface area contributed by atoms with Crippen molar-refractivity contribution in [1.29, 1.82) is 0 Å². The number of carbonyl (C=O) groups is 3. The van der Waals surface area contributed by atoms with Crippen molar-refractivity contribution in [3.05, 3.63) is 131 Å². The van der Waals surface area contributed by atoms with Crippen LogP contribution in [0.3, 0.4) is 0 Å². The van der Waals surface area contributed by atoms with E-state index >= 15 is 0 Å². The highest BCUT2D eigenvalue weighted by molar-refractivity contribution is 6.17. The summed E-state index contributed by atoms with van der Waals surface area (Å²) >= 11 is 0. The number of ketones is 2. The number of ether oxygens (including phenoxy) is 2. The Bertz CT molecular complexity index is 1780. The van der Waals surface area contributed by atoms with Crippen molar-refractivity contribution in [3.63, 3.8) is 0 Å². The van der Waals surface area contributed by atoms with Crippen LogP contribution >= 0.6 is 0 Å². The van der Waals surface area contributed by atoms with E-state index in [1.165, 1.54) is 7.11 Å². The van der Waals surface area contributed by atoms with Crippen LogP contribution in [-0.2, 0) is 10.2 Å². The van der Waals surface area contributed by atoms with Crippen LogP contribution in [0.1, 0.15) is 43.4 Å². The number of methoxy groups -OCH3 is 2. The molecule has 1 amide bonds. The van der Waals surface area contributed by atoms with E-state index in [0.29, 0.717) is 33.9 Å². The Labute approximate surface area is 243 Å². The maximum atomic E-state index is 14.8. The summed E-state index contributed by atoms with van der Waals surface area (Å²) in [5.41, 5.74) is 2.55. The molecule has 42 heavy (non-hydrogen) atoms. The first-order valence-electron chi connectivity index (χ1n) is 13.8. The number of rotatable bonds is 6. The van der Waals surface area contributed by atoms with E-state index < -0.39 is 23.4 Å². The molecular formula is C35H28N2O5. The molecule has 0 radical (unpaired) electrons. The van der Waals surface area contributed by atoms with Gasteiger partial charge in [0.1, 0.15) is 23.0 Å². The first-order chi connectivity index (χ1) is 20.5. The summed E-state index contributed by atoms with van der Waals surface area (Å²) in [4.78, 5) is 46.0. The van der Waals surface area contributed by atoms with Gasteiger partial charge in [-0.1, -0.05) is 72.8 Å². The number of carbonyl (C=O) groups excluding carboxylic acids is 3. The SMILES string of the molecule is COc1ccc(C(=O)[C@@H]2[C@H](C(=O)c3ccccc3)[C@]3(C(=O)Nc4ccccc43)[C@@H]3c4ccccc4C=CN23)c(OC)c1. The second kappa shape index (κ2) is 9.73. The van der Waals surface area contributed by atoms with Gasteiger partial charge in [-0.3, -0.25) is 14.4 Å². The lowest BCUT2D eigenvalue weighted by Crippen LogP contribution is -2.49. The van der Waals surface area contributed by atoms with Gasteiger partial charge in [0.15, 0.2) is 11.6 Å². The van der Waals surface area contributed by atoms with Crippen molar-refractivity contribution < 1.29 is 23.9 Å². The summed E-state index contributed by atoms with van der Waals surface area (Å²) in [5, 5.41) is 3.07. The predicted molar refractivity (Wildman–Crippen MR) is 159 cm³/mol. The lowest BCUT2D eigenvalue weighted by molar-refractivity contribution is -0.122. The van der Waals surface area contributed by atoms with Crippen LogP contribution in [-0.4, -0.2) is 42.6 Å². The number of para-hydroxylation sites is 1. The number of fused-ring (bicyclic) bond motifs is 6. The number of nitrogens with zero attached hydrogens (tertiary/aromatic N) is 1. The first-order valence-corrected chi connectivity index (χ1v) is 13.8. The molecule has 7 nitrogen and oxygen atoms in total. The minimum atomic E-state index is -1.38. The molecule has 7 rings (SSSR count). The average Bonchev–Trinajstić information content (AvgIpc) is 3.52. The molecule has 3 aliphatic rings. The molecule has 3 aliphatic heterocycles. The molecule has 3 heterocycles. The van der Waals surface area contributed by atoms with Crippen LogP contribution in [0.15, 0.2) is 103 Å². The van der Waals surface area contributed by atoms with Crippen molar-refractivity contribution in [2.24, 2.45) is 5.92 Å². The topological polar surface area (TPSA) is 84.9 Å². The van der Waals surface area contributed by atoms with Gasteiger partial charge in [0.2, 0.25) is 5.91 Å². The van der Waals surface area contributed by atoms with Gasteiger partial charge < -0.3 is 19.7 Å². The van der Waals surface area contributed by atoms with Gasteiger partial charge in [0.25, 0.3) is 0 Å². The fraction of sp³-hybridized carbons (Fsp3) is 0.171. The number of hydrogen-bond acceptors (Lipinski definition) is 6. The molecule has 1 saturated heterocycles. The van der Waals surface area contributed by atoms with E-state index in [1.807, 2.05) is 71.8 Å². The first kappa shape index (κ1) is 25.8. The van der Waals surface area contributed by atoms with E-state index in [1.54, 1.807) is 49.6 Å². The van der Waals surface area contributed by atoms with Gasteiger partial charge in [-0.05, 0) is 41.0 Å². The minimum absolute atomic E-state index is 0.270. The largest absolute Gasteiger partial charge is 0.497 e. The average molecular weight is 557 g/mol. The third kappa shape index (κ3) is 3.49. The van der Waals surface area contributed by atoms with Gasteiger partial charge in [0, 0.05) is 23.5 Å². The minimum Gasteiger partial charge on any atom is -0.497 e. The Balaban J connectivity index is 1.53. The van der Waals surface area contributed by atoms with Gasteiger partial charge in [-0.2, -0.15) is 0 Å². The standard InChI is InChI=1S/C35H28N2O5/c1-41-23-16-17-25(28(20-23)42-2)32(39)30-29(31(38)22-11-4-3-5-12-22)35(26-14-8-9-15-27(26)36-34(35)40)33-24-13-7-6-10-21(24)18-19-37(30)33/h3-20,29-30,33H,1-2H3,(H,36,40)/t29-,30+,33+,35+/m1/s1. The summed E-state index contributed by atoms with van der Waals surface area (Å²) in [6.45, 7) is 0. The molecule has 1 fully saturated rings. The zero-order valence-electron chi connectivity index (χ0n) is 23.1. The zero-order valence-corrected chi connectivity index (χ0v) is 23.1. The van der Waals surface area contributed by atoms with Crippen LogP contribution in [0.4, 0.5) is 5.69 Å². The maximum absolute atomic E-state index is 14.8. The number of Topliss-reactive ketones (excluding diaryl/α,β-unsaturated/α-hetero) is 2. The highest BCUT2D eigenvalue weighted by Gasteiger charge is 2.70. The molecule has 0 aliphatic carbocycles. The molecule has 4 atom stereocenters. The number of hydrogen-bond donors (Lipinski definition) is 1. The van der Waals surface area contributed by atoms with Crippen molar-refractivity contribution in [1.82, 2.24) is 4.90 Å². The summed E-state index contributed by atoms with van der Waals surface area (Å²) < 4.78 is 11.0. The molecular weight excluding hydrogens is 528 g/mol. The maximum Gasteiger partial charge on any atom is 0.238 e. The van der Waals surface area contributed by atoms with E-state index in [4.69, 9.17) is 9.47 Å². The Kier molecular flexibility index (Phi) is 5.97. The fourth-order valence-corrected chi connectivity index (χ4v) is 7.11. The Morgan fingerprint density at radius 1 is 0.833 bits per heavy atom. The molecule has 0 bridgehead atoms. The number of anilines is 1. The van der Waals surface area contributed by atoms with Crippen molar-refractivity contribution >= 4 is 29.2 Å². The Morgan fingerprint density at radius 2 is 1.57 bits per heavy atom. The molecule has 0 aromatic heterocycles. The number of nitrogens with one attached hydrogen (secondary N) is 1. The third-order valence-corrected chi connectivity index (χ3v) is 8.85. The second-order valence-electron chi connectivity index (χ2n) is 10.7. The smallest absolute Gasteiger partial charge is 0.238 e. The van der Waals surface area contributed by atoms with Crippen LogP contribution in [0, 0.1) is 5.92 Å². The highest BCUT2D eigenvalue weighted by Crippen LogP contribution is 2.62. The molecule has 7 heteroatoms. The Hall–Kier alpha value is -5.17. The zero-order chi connectivity index (χ0) is 29.0. The van der Waals surface area contributed by atoms with E-state index in [-0.39, 0.29) is 17.5 Å². The molecule has 0 saturated carbocycles. The monoisotopic (exact) mass is 556 g/mol. The van der Waals surface area contributed by atoms with Gasteiger partial charge >= 0.3 is 0 Å². The third-order valence-electron chi connectivity index (χ3n) is 8.85. The lowest BCUT2D eigenvalue weighted by atomic mass is 9.62. The second-order valence-corrected chi connectivity index (χ2v) is 10.7. The summed E-state index contributed by atoms with van der Waals surface area (Å²) in [7, 11) is 3.04. The molecule has 1 spiro atoms. The van der Waals surface area contributed by atoms with Crippen LogP contribution < -0.4 is 14.8 Å². The van der Waals surface area contributed by atoms with Crippen molar-refractivity contribution in [3.8, 4) is 11.5 Å². The molecule has 4 aromatic carbocycles. The molecule has 1 N–H and O–H groups in total. The van der Waals surface area contributed by atoms with Crippen LogP contribution in [0.5, 0.6) is 11.5 Å². The highest BCUT2D eigenvalue weighted by atomic mass is 16.5. The summed E-state index contributed by atoms with van der Waals surface area (Å²) in [6, 6.07) is 27.6. The Morgan fingerprint density at radius 3 is 2.36 bits per heavy atom. The van der Waals surface area contributed by atoms with Gasteiger partial charge in [-0.15, -0.1) is 0 Å². The predicted octanol–water partition coefficient (Wildman–Crippen LogP) is 5.69. The lowest BCUT2D eigenvalue weighted by Gasteiger charge is -2.38. The number of benzene rings is 4. The van der Waals surface area contributed by atoms with Crippen LogP contribution in [0.2, 0.25) is 0 Å². The molecule has 208 valence electrons. The summed E-state index contributed by atoms with van der Waals surface area (Å²) in [6.07, 6.45) is 3.80. The quantitative estimate of drug-likeness (QED) is 0.308. The van der Waals surface area contributed by atoms with Crippen molar-refractivity contribution in [2.45, 2.75) is 17.5 Å². The molecule has 4 aromatic rings. The van der Waals surface area contributed by atoms with E-state index in [2.05, 4.69) is 5.32 Å². The number of amides is 1. The van der Waals surface area contributed by atoms with Crippen LogP contribution in [0.25, 0.3) is 6.08 Å². The van der Waals surface area contributed by atoms with E-state index in [0.717, 1.165) is 11.1 Å². The fourth-order valence-electron chi connectivity index (χ4n) is 7.11. The molecule has 0 unspecified atom stereocenters. The van der Waals surface area contributed by atoms with E-state index in [9.17, 15) is 14.4 Å². The van der Waals surface area contributed by atoms with Gasteiger partial charge in [-0.25, -0.2) is 0 Å². The normalized spacial score (nSPS) is 23.1.